The fourth-order valence-corrected chi connectivity index (χ4v) is 2.34. The number of hydrogen-bond donors (Lipinski definition) is 3. The molecule has 0 aliphatic heterocycles. The van der Waals surface area contributed by atoms with Crippen molar-refractivity contribution in [1.29, 1.82) is 0 Å². The third kappa shape index (κ3) is 4.94. The van der Waals surface area contributed by atoms with Crippen molar-refractivity contribution in [3.63, 3.8) is 0 Å². The highest BCUT2D eigenvalue weighted by molar-refractivity contribution is 5.82. The molecule has 1 rings (SSSR count). The van der Waals surface area contributed by atoms with E-state index >= 15 is 0 Å². The summed E-state index contributed by atoms with van der Waals surface area (Å²) in [6.07, 6.45) is 5.07. The van der Waals surface area contributed by atoms with E-state index in [1.54, 1.807) is 0 Å². The molecule has 0 saturated heterocycles. The van der Waals surface area contributed by atoms with Gasteiger partial charge in [0.2, 0.25) is 0 Å². The van der Waals surface area contributed by atoms with Gasteiger partial charge >= 0.3 is 12.0 Å². The second kappa shape index (κ2) is 7.24. The Morgan fingerprint density at radius 3 is 2.33 bits per heavy atom. The van der Waals surface area contributed by atoms with Crippen molar-refractivity contribution in [2.75, 3.05) is 6.54 Å². The highest BCUT2D eigenvalue weighted by Gasteiger charge is 2.30. The van der Waals surface area contributed by atoms with Crippen LogP contribution in [0.15, 0.2) is 0 Å². The minimum Gasteiger partial charge on any atom is -0.480 e. The van der Waals surface area contributed by atoms with Gasteiger partial charge in [0.05, 0.1) is 0 Å². The molecule has 3 N–H and O–H groups in total. The maximum Gasteiger partial charge on any atom is 0.326 e. The van der Waals surface area contributed by atoms with Gasteiger partial charge < -0.3 is 15.7 Å². The van der Waals surface area contributed by atoms with Gasteiger partial charge in [0, 0.05) is 6.54 Å². The fourth-order valence-electron chi connectivity index (χ4n) is 2.34. The average molecular weight is 256 g/mol. The summed E-state index contributed by atoms with van der Waals surface area (Å²) in [7, 11) is 0. The van der Waals surface area contributed by atoms with Crippen LogP contribution < -0.4 is 10.6 Å². The zero-order valence-electron chi connectivity index (χ0n) is 11.2. The maximum atomic E-state index is 11.6. The highest BCUT2D eigenvalue weighted by Crippen LogP contribution is 2.26. The van der Waals surface area contributed by atoms with Crippen LogP contribution >= 0.6 is 0 Å². The number of urea groups is 1. The molecular weight excluding hydrogens is 232 g/mol. The Morgan fingerprint density at radius 1 is 1.22 bits per heavy atom. The number of nitrogens with one attached hydrogen (secondary N) is 2. The van der Waals surface area contributed by atoms with Crippen LogP contribution in [0.3, 0.4) is 0 Å². The van der Waals surface area contributed by atoms with Gasteiger partial charge in [0.25, 0.3) is 0 Å². The van der Waals surface area contributed by atoms with Gasteiger partial charge in [-0.1, -0.05) is 33.1 Å². The first-order valence-corrected chi connectivity index (χ1v) is 6.78. The first-order chi connectivity index (χ1) is 8.50. The zero-order chi connectivity index (χ0) is 13.5. The Kier molecular flexibility index (Phi) is 5.95. The maximum absolute atomic E-state index is 11.6. The molecule has 2 amide bonds. The fraction of sp³-hybridized carbons (Fsp3) is 0.846. The molecule has 0 aromatic heterocycles. The monoisotopic (exact) mass is 256 g/mol. The molecule has 1 aliphatic carbocycles. The summed E-state index contributed by atoms with van der Waals surface area (Å²) in [5.41, 5.74) is 0. The Hall–Kier alpha value is -1.26. The smallest absolute Gasteiger partial charge is 0.326 e. The van der Waals surface area contributed by atoms with Gasteiger partial charge in [-0.05, 0) is 24.7 Å². The van der Waals surface area contributed by atoms with Crippen molar-refractivity contribution in [3.05, 3.63) is 0 Å². The number of rotatable bonds is 5. The number of carbonyl (C=O) groups excluding carboxylic acids is 1. The summed E-state index contributed by atoms with van der Waals surface area (Å²) in [5.74, 6) is -0.503. The number of aliphatic carboxylic acids is 1. The van der Waals surface area contributed by atoms with Crippen LogP contribution in [0.2, 0.25) is 0 Å². The lowest BCUT2D eigenvalue weighted by molar-refractivity contribution is -0.141. The quantitative estimate of drug-likeness (QED) is 0.703. The first-order valence-electron chi connectivity index (χ1n) is 6.78. The van der Waals surface area contributed by atoms with E-state index in [2.05, 4.69) is 10.6 Å². The van der Waals surface area contributed by atoms with Crippen molar-refractivity contribution >= 4 is 12.0 Å². The van der Waals surface area contributed by atoms with Gasteiger partial charge in [0.15, 0.2) is 0 Å². The Labute approximate surface area is 108 Å². The van der Waals surface area contributed by atoms with Gasteiger partial charge in [-0.2, -0.15) is 0 Å². The minimum atomic E-state index is -0.929. The highest BCUT2D eigenvalue weighted by atomic mass is 16.4. The molecule has 1 saturated carbocycles. The van der Waals surface area contributed by atoms with E-state index in [1.807, 2.05) is 13.8 Å². The predicted molar refractivity (Wildman–Crippen MR) is 69.4 cm³/mol. The van der Waals surface area contributed by atoms with E-state index in [9.17, 15) is 14.7 Å². The molecule has 0 radical (unpaired) electrons. The number of carboxylic acid groups (broad SMARTS) is 1. The summed E-state index contributed by atoms with van der Waals surface area (Å²) in [6.45, 7) is 4.55. The molecule has 5 nitrogen and oxygen atoms in total. The van der Waals surface area contributed by atoms with Gasteiger partial charge in [-0.3, -0.25) is 0 Å². The first kappa shape index (κ1) is 14.8. The SMILES string of the molecule is CC(C)CNC(=O)NC(C(=O)O)C1CCCCC1. The molecule has 18 heavy (non-hydrogen) atoms. The number of amides is 2. The molecular formula is C13H24N2O3. The van der Waals surface area contributed by atoms with E-state index < -0.39 is 12.0 Å². The van der Waals surface area contributed by atoms with Gasteiger partial charge in [0.1, 0.15) is 6.04 Å². The molecule has 0 spiro atoms. The summed E-state index contributed by atoms with van der Waals surface area (Å²) in [5, 5.41) is 14.5. The van der Waals surface area contributed by atoms with E-state index in [4.69, 9.17) is 0 Å². The van der Waals surface area contributed by atoms with Crippen molar-refractivity contribution in [2.24, 2.45) is 11.8 Å². The molecule has 104 valence electrons. The van der Waals surface area contributed by atoms with Crippen LogP contribution in [0.25, 0.3) is 0 Å². The minimum absolute atomic E-state index is 0.0704. The standard InChI is InChI=1S/C13H24N2O3/c1-9(2)8-14-13(18)15-11(12(16)17)10-6-4-3-5-7-10/h9-11H,3-8H2,1-2H3,(H,16,17)(H2,14,15,18). The van der Waals surface area contributed by atoms with Crippen LogP contribution in [0.1, 0.15) is 46.0 Å². The van der Waals surface area contributed by atoms with Crippen molar-refractivity contribution in [2.45, 2.75) is 52.0 Å². The number of carbonyl (C=O) groups is 2. The average Bonchev–Trinajstić information content (AvgIpc) is 2.34. The number of carboxylic acids is 1. The molecule has 0 aromatic rings. The summed E-state index contributed by atoms with van der Waals surface area (Å²) >= 11 is 0. The summed E-state index contributed by atoms with van der Waals surface area (Å²) in [4.78, 5) is 22.8. The predicted octanol–water partition coefficient (Wildman–Crippen LogP) is 1.98. The lowest BCUT2D eigenvalue weighted by Gasteiger charge is -2.28. The molecule has 0 heterocycles. The summed E-state index contributed by atoms with van der Waals surface area (Å²) in [6, 6.07) is -1.13. The van der Waals surface area contributed by atoms with E-state index in [-0.39, 0.29) is 11.9 Å². The van der Waals surface area contributed by atoms with Crippen LogP contribution in [0.4, 0.5) is 4.79 Å². The van der Waals surface area contributed by atoms with Gasteiger partial charge in [-0.15, -0.1) is 0 Å². The Morgan fingerprint density at radius 2 is 1.83 bits per heavy atom. The van der Waals surface area contributed by atoms with Crippen molar-refractivity contribution in [1.82, 2.24) is 10.6 Å². The topological polar surface area (TPSA) is 78.4 Å². The van der Waals surface area contributed by atoms with Crippen LogP contribution in [0.5, 0.6) is 0 Å². The molecule has 1 fully saturated rings. The molecule has 0 aromatic carbocycles. The molecule has 1 atom stereocenters. The Balaban J connectivity index is 2.46. The number of hydrogen-bond acceptors (Lipinski definition) is 2. The molecule has 0 bridgehead atoms. The largest absolute Gasteiger partial charge is 0.480 e. The third-order valence-corrected chi connectivity index (χ3v) is 3.34. The second-order valence-electron chi connectivity index (χ2n) is 5.46. The lowest BCUT2D eigenvalue weighted by Crippen LogP contribution is -2.50. The van der Waals surface area contributed by atoms with E-state index in [0.717, 1.165) is 25.7 Å². The van der Waals surface area contributed by atoms with Crippen LogP contribution in [0, 0.1) is 11.8 Å². The third-order valence-electron chi connectivity index (χ3n) is 3.34. The molecule has 1 unspecified atom stereocenters. The van der Waals surface area contributed by atoms with Gasteiger partial charge in [-0.25, -0.2) is 9.59 Å². The van der Waals surface area contributed by atoms with Crippen molar-refractivity contribution < 1.29 is 14.7 Å². The van der Waals surface area contributed by atoms with Crippen LogP contribution in [-0.4, -0.2) is 29.7 Å². The zero-order valence-corrected chi connectivity index (χ0v) is 11.2. The normalized spacial score (nSPS) is 18.4. The molecule has 5 heteroatoms. The summed E-state index contributed by atoms with van der Waals surface area (Å²) < 4.78 is 0. The van der Waals surface area contributed by atoms with Crippen LogP contribution in [-0.2, 0) is 4.79 Å². The second-order valence-corrected chi connectivity index (χ2v) is 5.46. The lowest BCUT2D eigenvalue weighted by atomic mass is 9.84. The Bertz CT molecular complexity index is 286. The van der Waals surface area contributed by atoms with E-state index in [1.165, 1.54) is 6.42 Å². The molecule has 1 aliphatic rings. The van der Waals surface area contributed by atoms with Crippen molar-refractivity contribution in [3.8, 4) is 0 Å². The van der Waals surface area contributed by atoms with E-state index in [0.29, 0.717) is 12.5 Å².